The Balaban J connectivity index is 1.98. The average Bonchev–Trinajstić information content (AvgIpc) is 2.47. The number of ether oxygens (including phenoxy) is 1. The van der Waals surface area contributed by atoms with Crippen LogP contribution >= 0.6 is 11.6 Å². The Morgan fingerprint density at radius 3 is 2.52 bits per heavy atom. The summed E-state index contributed by atoms with van der Waals surface area (Å²) in [7, 11) is 0. The first-order chi connectivity index (χ1) is 10.1. The minimum atomic E-state index is -0.440. The van der Waals surface area contributed by atoms with Crippen LogP contribution in [0.15, 0.2) is 42.5 Å². The fraction of sp³-hybridized carbons (Fsp3) is 0.235. The molecule has 0 saturated carbocycles. The van der Waals surface area contributed by atoms with E-state index in [2.05, 4.69) is 6.92 Å². The molecular weight excluding hydrogens is 291 g/mol. The summed E-state index contributed by atoms with van der Waals surface area (Å²) < 4.78 is 18.2. The number of carbonyl (C=O) groups excluding carboxylic acids is 1. The third kappa shape index (κ3) is 4.30. The molecule has 0 aliphatic rings. The maximum atomic E-state index is 12.9. The van der Waals surface area contributed by atoms with Gasteiger partial charge >= 0.3 is 0 Å². The summed E-state index contributed by atoms with van der Waals surface area (Å²) in [6.45, 7) is 1.98. The molecule has 0 radical (unpaired) electrons. The van der Waals surface area contributed by atoms with Gasteiger partial charge in [-0.3, -0.25) is 4.79 Å². The summed E-state index contributed by atoms with van der Waals surface area (Å²) in [4.78, 5) is 12.0. The van der Waals surface area contributed by atoms with Crippen LogP contribution in [0.25, 0.3) is 0 Å². The van der Waals surface area contributed by atoms with Crippen molar-refractivity contribution < 1.29 is 13.9 Å². The van der Waals surface area contributed by atoms with Crippen LogP contribution in [0.1, 0.15) is 29.3 Å². The minimum absolute atomic E-state index is 0.127. The van der Waals surface area contributed by atoms with E-state index in [9.17, 15) is 9.18 Å². The van der Waals surface area contributed by atoms with Gasteiger partial charge in [0.05, 0.1) is 5.02 Å². The molecule has 0 N–H and O–H groups in total. The Bertz CT molecular complexity index is 623. The van der Waals surface area contributed by atoms with Crippen molar-refractivity contribution in [1.82, 2.24) is 0 Å². The lowest BCUT2D eigenvalue weighted by Gasteiger charge is -2.08. The Hall–Kier alpha value is -1.87. The van der Waals surface area contributed by atoms with Gasteiger partial charge in [0.25, 0.3) is 0 Å². The van der Waals surface area contributed by atoms with E-state index in [0.717, 1.165) is 18.9 Å². The fourth-order valence-electron chi connectivity index (χ4n) is 1.96. The van der Waals surface area contributed by atoms with Crippen molar-refractivity contribution in [3.63, 3.8) is 0 Å². The highest BCUT2D eigenvalue weighted by molar-refractivity contribution is 6.32. The molecule has 0 saturated heterocycles. The number of aryl methyl sites for hydroxylation is 1. The largest absolute Gasteiger partial charge is 0.484 e. The third-order valence-electron chi connectivity index (χ3n) is 3.07. The van der Waals surface area contributed by atoms with Crippen molar-refractivity contribution in [2.24, 2.45) is 0 Å². The van der Waals surface area contributed by atoms with Crippen LogP contribution in [-0.4, -0.2) is 12.4 Å². The van der Waals surface area contributed by atoms with Crippen molar-refractivity contribution >= 4 is 17.4 Å². The van der Waals surface area contributed by atoms with Crippen LogP contribution in [-0.2, 0) is 6.42 Å². The van der Waals surface area contributed by atoms with Crippen molar-refractivity contribution in [1.29, 1.82) is 0 Å². The first kappa shape index (κ1) is 15.5. The summed E-state index contributed by atoms with van der Waals surface area (Å²) in [5.41, 5.74) is 1.80. The maximum absolute atomic E-state index is 12.9. The van der Waals surface area contributed by atoms with E-state index in [1.807, 2.05) is 12.1 Å². The van der Waals surface area contributed by atoms with Crippen molar-refractivity contribution in [3.8, 4) is 5.75 Å². The summed E-state index contributed by atoms with van der Waals surface area (Å²) in [5.74, 6) is -0.280. The molecule has 2 aromatic rings. The minimum Gasteiger partial charge on any atom is -0.484 e. The predicted molar refractivity (Wildman–Crippen MR) is 81.7 cm³/mol. The van der Waals surface area contributed by atoms with E-state index in [-0.39, 0.29) is 17.4 Å². The van der Waals surface area contributed by atoms with E-state index >= 15 is 0 Å². The second-order valence-corrected chi connectivity index (χ2v) is 5.14. The van der Waals surface area contributed by atoms with Gasteiger partial charge in [0, 0.05) is 5.56 Å². The lowest BCUT2D eigenvalue weighted by Crippen LogP contribution is -2.11. The highest BCUT2D eigenvalue weighted by Crippen LogP contribution is 2.25. The van der Waals surface area contributed by atoms with Crippen molar-refractivity contribution in [2.75, 3.05) is 6.61 Å². The van der Waals surface area contributed by atoms with Crippen LogP contribution in [0, 0.1) is 5.82 Å². The van der Waals surface area contributed by atoms with E-state index in [1.54, 1.807) is 12.1 Å². The molecule has 0 spiro atoms. The molecule has 2 nitrogen and oxygen atoms in total. The molecule has 2 aromatic carbocycles. The number of halogens is 2. The number of ketones is 1. The van der Waals surface area contributed by atoms with Crippen LogP contribution in [0.2, 0.25) is 5.02 Å². The second kappa shape index (κ2) is 7.23. The molecule has 21 heavy (non-hydrogen) atoms. The summed E-state index contributed by atoms with van der Waals surface area (Å²) in [5, 5.41) is 0.154. The van der Waals surface area contributed by atoms with E-state index in [1.165, 1.54) is 17.7 Å². The highest BCUT2D eigenvalue weighted by atomic mass is 35.5. The Morgan fingerprint density at radius 1 is 1.19 bits per heavy atom. The molecule has 110 valence electrons. The quantitative estimate of drug-likeness (QED) is 0.723. The fourth-order valence-corrected chi connectivity index (χ4v) is 2.19. The molecule has 0 amide bonds. The molecule has 0 aromatic heterocycles. The van der Waals surface area contributed by atoms with E-state index in [4.69, 9.17) is 16.3 Å². The maximum Gasteiger partial charge on any atom is 0.200 e. The third-order valence-corrected chi connectivity index (χ3v) is 3.36. The standard InChI is InChI=1S/C17H16ClFO2/c1-2-3-12-4-6-13(7-5-12)16(20)11-21-17-9-8-14(19)10-15(17)18/h4-10H,2-3,11H2,1H3. The smallest absolute Gasteiger partial charge is 0.200 e. The number of Topliss-reactive ketones (excluding diaryl/α,β-unsaturated/α-hetero) is 1. The number of hydrogen-bond donors (Lipinski definition) is 0. The van der Waals surface area contributed by atoms with Crippen molar-refractivity contribution in [2.45, 2.75) is 19.8 Å². The molecule has 2 rings (SSSR count). The molecular formula is C17H16ClFO2. The van der Waals surface area contributed by atoms with E-state index < -0.39 is 5.82 Å². The Kier molecular flexibility index (Phi) is 5.34. The molecule has 0 heterocycles. The average molecular weight is 307 g/mol. The van der Waals surface area contributed by atoms with Gasteiger partial charge in [-0.05, 0) is 30.2 Å². The number of rotatable bonds is 6. The summed E-state index contributed by atoms with van der Waals surface area (Å²) in [6, 6.07) is 11.3. The van der Waals surface area contributed by atoms with Crippen LogP contribution in [0.4, 0.5) is 4.39 Å². The Labute approximate surface area is 128 Å². The van der Waals surface area contributed by atoms with Crippen LogP contribution in [0.3, 0.4) is 0 Å². The number of hydrogen-bond acceptors (Lipinski definition) is 2. The van der Waals surface area contributed by atoms with Gasteiger partial charge in [0.1, 0.15) is 11.6 Å². The molecule has 4 heteroatoms. The van der Waals surface area contributed by atoms with Crippen LogP contribution in [0.5, 0.6) is 5.75 Å². The number of benzene rings is 2. The van der Waals surface area contributed by atoms with Gasteiger partial charge < -0.3 is 4.74 Å². The zero-order valence-electron chi connectivity index (χ0n) is 11.7. The van der Waals surface area contributed by atoms with Gasteiger partial charge in [0.2, 0.25) is 0 Å². The van der Waals surface area contributed by atoms with Crippen LogP contribution < -0.4 is 4.74 Å². The predicted octanol–water partition coefficient (Wildman–Crippen LogP) is 4.69. The molecule has 0 aliphatic heterocycles. The normalized spacial score (nSPS) is 10.4. The SMILES string of the molecule is CCCc1ccc(C(=O)COc2ccc(F)cc2Cl)cc1. The summed E-state index contributed by atoms with van der Waals surface area (Å²) >= 11 is 5.84. The second-order valence-electron chi connectivity index (χ2n) is 4.73. The summed E-state index contributed by atoms with van der Waals surface area (Å²) in [6.07, 6.45) is 2.07. The van der Waals surface area contributed by atoms with Gasteiger partial charge in [-0.2, -0.15) is 0 Å². The van der Waals surface area contributed by atoms with E-state index in [0.29, 0.717) is 11.3 Å². The van der Waals surface area contributed by atoms with Crippen molar-refractivity contribution in [3.05, 3.63) is 64.4 Å². The first-order valence-corrected chi connectivity index (χ1v) is 7.18. The first-order valence-electron chi connectivity index (χ1n) is 6.80. The lowest BCUT2D eigenvalue weighted by molar-refractivity contribution is 0.0921. The zero-order chi connectivity index (χ0) is 15.2. The topological polar surface area (TPSA) is 26.3 Å². The molecule has 0 unspecified atom stereocenters. The molecule has 0 aliphatic carbocycles. The number of carbonyl (C=O) groups is 1. The molecule has 0 bridgehead atoms. The van der Waals surface area contributed by atoms with Gasteiger partial charge in [-0.15, -0.1) is 0 Å². The monoisotopic (exact) mass is 306 g/mol. The molecule has 0 fully saturated rings. The molecule has 0 atom stereocenters. The zero-order valence-corrected chi connectivity index (χ0v) is 12.5. The highest BCUT2D eigenvalue weighted by Gasteiger charge is 2.09. The van der Waals surface area contributed by atoms with Gasteiger partial charge in [-0.1, -0.05) is 49.2 Å². The van der Waals surface area contributed by atoms with Gasteiger partial charge in [0.15, 0.2) is 12.4 Å². The lowest BCUT2D eigenvalue weighted by atomic mass is 10.1. The van der Waals surface area contributed by atoms with Gasteiger partial charge in [-0.25, -0.2) is 4.39 Å². The Morgan fingerprint density at radius 2 is 1.90 bits per heavy atom.